The number of carbonyl (C=O) groups excluding carboxylic acids is 1. The Bertz CT molecular complexity index is 1290. The standard InChI is InChI=1S/C19H14F3N7O3/c1-32-14-8-13-27-16(19(20,21)22)15(29(13)9-24-14)12-6-7-23-18(26-12)25-11-4-2-10(3-5-11)17(30)28-31/h2-9,31H,1H3,(H,28,30)(H,23,25,26). The number of amides is 1. The van der Waals surface area contributed by atoms with Gasteiger partial charge in [-0.15, -0.1) is 0 Å². The molecule has 0 spiro atoms. The normalized spacial score (nSPS) is 11.4. The van der Waals surface area contributed by atoms with Crippen molar-refractivity contribution in [1.82, 2.24) is 29.8 Å². The molecule has 164 valence electrons. The molecule has 32 heavy (non-hydrogen) atoms. The number of aromatic nitrogens is 5. The lowest BCUT2D eigenvalue weighted by atomic mass is 10.2. The molecule has 3 heterocycles. The Labute approximate surface area is 177 Å². The fraction of sp³-hybridized carbons (Fsp3) is 0.105. The Balaban J connectivity index is 1.74. The number of hydrogen-bond donors (Lipinski definition) is 3. The molecular weight excluding hydrogens is 431 g/mol. The molecule has 0 aliphatic heterocycles. The van der Waals surface area contributed by atoms with E-state index in [9.17, 15) is 18.0 Å². The van der Waals surface area contributed by atoms with E-state index in [1.807, 2.05) is 0 Å². The Morgan fingerprint density at radius 3 is 2.53 bits per heavy atom. The molecule has 0 unspecified atom stereocenters. The first-order chi connectivity index (χ1) is 15.3. The minimum absolute atomic E-state index is 0.00922. The maximum absolute atomic E-state index is 13.7. The molecule has 0 saturated heterocycles. The number of benzene rings is 1. The number of rotatable bonds is 5. The lowest BCUT2D eigenvalue weighted by Crippen LogP contribution is -2.18. The predicted octanol–water partition coefficient (Wildman–Crippen LogP) is 3.08. The van der Waals surface area contributed by atoms with Gasteiger partial charge in [0.25, 0.3) is 5.91 Å². The molecule has 4 rings (SSSR count). The van der Waals surface area contributed by atoms with E-state index >= 15 is 0 Å². The largest absolute Gasteiger partial charge is 0.481 e. The van der Waals surface area contributed by atoms with Crippen LogP contribution in [0.1, 0.15) is 16.1 Å². The molecule has 0 fully saturated rings. The van der Waals surface area contributed by atoms with Crippen molar-refractivity contribution in [2.75, 3.05) is 12.4 Å². The van der Waals surface area contributed by atoms with Gasteiger partial charge >= 0.3 is 6.18 Å². The van der Waals surface area contributed by atoms with Crippen LogP contribution in [0.4, 0.5) is 24.8 Å². The Morgan fingerprint density at radius 2 is 1.88 bits per heavy atom. The first-order valence-electron chi connectivity index (χ1n) is 8.94. The molecular formula is C19H14F3N7O3. The minimum Gasteiger partial charge on any atom is -0.481 e. The second-order valence-corrected chi connectivity index (χ2v) is 6.38. The Kier molecular flexibility index (Phi) is 5.32. The quantitative estimate of drug-likeness (QED) is 0.316. The van der Waals surface area contributed by atoms with Crippen LogP contribution in [0.25, 0.3) is 17.0 Å². The van der Waals surface area contributed by atoms with Crippen LogP contribution >= 0.6 is 0 Å². The zero-order valence-electron chi connectivity index (χ0n) is 16.3. The van der Waals surface area contributed by atoms with Crippen LogP contribution in [-0.4, -0.2) is 42.6 Å². The third kappa shape index (κ3) is 4.00. The van der Waals surface area contributed by atoms with E-state index in [4.69, 9.17) is 9.94 Å². The number of nitrogens with one attached hydrogen (secondary N) is 2. The molecule has 0 atom stereocenters. The van der Waals surface area contributed by atoms with E-state index in [1.165, 1.54) is 65.9 Å². The van der Waals surface area contributed by atoms with E-state index < -0.39 is 17.8 Å². The van der Waals surface area contributed by atoms with Crippen molar-refractivity contribution >= 4 is 23.2 Å². The number of methoxy groups -OCH3 is 1. The maximum atomic E-state index is 13.7. The Morgan fingerprint density at radius 1 is 1.12 bits per heavy atom. The van der Waals surface area contributed by atoms with Crippen molar-refractivity contribution in [3.05, 3.63) is 60.2 Å². The first-order valence-corrected chi connectivity index (χ1v) is 8.94. The third-order valence-corrected chi connectivity index (χ3v) is 4.37. The summed E-state index contributed by atoms with van der Waals surface area (Å²) in [6, 6.07) is 8.51. The summed E-state index contributed by atoms with van der Waals surface area (Å²) in [5.41, 5.74) is 0.713. The summed E-state index contributed by atoms with van der Waals surface area (Å²) < 4.78 is 47.2. The summed E-state index contributed by atoms with van der Waals surface area (Å²) in [6.07, 6.45) is -2.27. The van der Waals surface area contributed by atoms with Crippen molar-refractivity contribution in [1.29, 1.82) is 0 Å². The van der Waals surface area contributed by atoms with Gasteiger partial charge < -0.3 is 10.1 Å². The summed E-state index contributed by atoms with van der Waals surface area (Å²) in [5.74, 6) is -0.551. The molecule has 0 radical (unpaired) electrons. The highest BCUT2D eigenvalue weighted by Crippen LogP contribution is 2.37. The van der Waals surface area contributed by atoms with Crippen molar-refractivity contribution in [2.45, 2.75) is 6.18 Å². The fourth-order valence-corrected chi connectivity index (χ4v) is 2.93. The van der Waals surface area contributed by atoms with Crippen LogP contribution in [0.3, 0.4) is 0 Å². The fourth-order valence-electron chi connectivity index (χ4n) is 2.93. The lowest BCUT2D eigenvalue weighted by Gasteiger charge is -2.10. The molecule has 0 bridgehead atoms. The average Bonchev–Trinajstić information content (AvgIpc) is 3.18. The van der Waals surface area contributed by atoms with Crippen molar-refractivity contribution in [3.8, 4) is 17.3 Å². The predicted molar refractivity (Wildman–Crippen MR) is 105 cm³/mol. The molecule has 1 amide bonds. The summed E-state index contributed by atoms with van der Waals surface area (Å²) in [6.45, 7) is 0. The maximum Gasteiger partial charge on any atom is 0.435 e. The van der Waals surface area contributed by atoms with Crippen LogP contribution in [-0.2, 0) is 6.18 Å². The second-order valence-electron chi connectivity index (χ2n) is 6.38. The summed E-state index contributed by atoms with van der Waals surface area (Å²) in [5, 5.41) is 11.5. The zero-order chi connectivity index (χ0) is 22.9. The molecule has 3 N–H and O–H groups in total. The van der Waals surface area contributed by atoms with Gasteiger partial charge in [0, 0.05) is 23.5 Å². The number of alkyl halides is 3. The third-order valence-electron chi connectivity index (χ3n) is 4.37. The van der Waals surface area contributed by atoms with E-state index in [-0.39, 0.29) is 34.4 Å². The summed E-state index contributed by atoms with van der Waals surface area (Å²) >= 11 is 0. The van der Waals surface area contributed by atoms with Gasteiger partial charge in [-0.1, -0.05) is 0 Å². The number of fused-ring (bicyclic) bond motifs is 1. The number of anilines is 2. The molecule has 4 aromatic rings. The van der Waals surface area contributed by atoms with Crippen LogP contribution in [0.5, 0.6) is 5.88 Å². The van der Waals surface area contributed by atoms with Crippen molar-refractivity contribution in [2.24, 2.45) is 0 Å². The number of imidazole rings is 1. The van der Waals surface area contributed by atoms with Gasteiger partial charge in [-0.2, -0.15) is 13.2 Å². The Hall–Kier alpha value is -4.26. The van der Waals surface area contributed by atoms with Crippen LogP contribution < -0.4 is 15.5 Å². The van der Waals surface area contributed by atoms with Crippen LogP contribution in [0.15, 0.2) is 48.9 Å². The van der Waals surface area contributed by atoms with E-state index in [1.54, 1.807) is 0 Å². The van der Waals surface area contributed by atoms with E-state index in [2.05, 4.69) is 25.3 Å². The molecule has 3 aromatic heterocycles. The molecule has 0 aliphatic rings. The smallest absolute Gasteiger partial charge is 0.435 e. The molecule has 1 aromatic carbocycles. The topological polar surface area (TPSA) is 127 Å². The number of carbonyl (C=O) groups is 1. The number of nitrogens with zero attached hydrogens (tertiary/aromatic N) is 5. The van der Waals surface area contributed by atoms with Gasteiger partial charge in [-0.25, -0.2) is 25.4 Å². The molecule has 10 nitrogen and oxygen atoms in total. The van der Waals surface area contributed by atoms with Gasteiger partial charge in [0.05, 0.1) is 12.8 Å². The monoisotopic (exact) mass is 445 g/mol. The van der Waals surface area contributed by atoms with Gasteiger partial charge in [-0.3, -0.25) is 14.4 Å². The lowest BCUT2D eigenvalue weighted by molar-refractivity contribution is -0.140. The van der Waals surface area contributed by atoms with E-state index in [0.717, 1.165) is 0 Å². The first kappa shape index (κ1) is 21.0. The number of ether oxygens (including phenoxy) is 1. The summed E-state index contributed by atoms with van der Waals surface area (Å²) in [7, 11) is 1.35. The number of halogens is 3. The van der Waals surface area contributed by atoms with Gasteiger partial charge in [0.1, 0.15) is 17.7 Å². The van der Waals surface area contributed by atoms with E-state index in [0.29, 0.717) is 5.69 Å². The van der Waals surface area contributed by atoms with Crippen LogP contribution in [0, 0.1) is 0 Å². The second kappa shape index (κ2) is 8.11. The van der Waals surface area contributed by atoms with Crippen LogP contribution in [0.2, 0.25) is 0 Å². The van der Waals surface area contributed by atoms with Gasteiger partial charge in [0.15, 0.2) is 5.69 Å². The van der Waals surface area contributed by atoms with Gasteiger partial charge in [0.2, 0.25) is 11.8 Å². The number of hydroxylamine groups is 1. The number of hydrogen-bond acceptors (Lipinski definition) is 8. The minimum atomic E-state index is -4.74. The van der Waals surface area contributed by atoms with Gasteiger partial charge in [-0.05, 0) is 30.3 Å². The van der Waals surface area contributed by atoms with Crippen molar-refractivity contribution in [3.63, 3.8) is 0 Å². The average molecular weight is 445 g/mol. The molecule has 13 heteroatoms. The van der Waals surface area contributed by atoms with Crippen molar-refractivity contribution < 1.29 is 27.9 Å². The summed E-state index contributed by atoms with van der Waals surface area (Å²) in [4.78, 5) is 27.3. The highest BCUT2D eigenvalue weighted by molar-refractivity contribution is 5.93. The molecule has 0 saturated carbocycles. The molecule has 0 aliphatic carbocycles. The zero-order valence-corrected chi connectivity index (χ0v) is 16.3. The SMILES string of the molecule is COc1cc2nc(C(F)(F)F)c(-c3ccnc(Nc4ccc(C(=O)NO)cc4)n3)n2cn1. The highest BCUT2D eigenvalue weighted by Gasteiger charge is 2.39. The highest BCUT2D eigenvalue weighted by atomic mass is 19.4.